The second kappa shape index (κ2) is 15.2. The van der Waals surface area contributed by atoms with Gasteiger partial charge in [0, 0.05) is 35.8 Å². The lowest BCUT2D eigenvalue weighted by Crippen LogP contribution is -2.48. The van der Waals surface area contributed by atoms with Crippen LogP contribution in [0.4, 0.5) is 5.69 Å². The first-order chi connectivity index (χ1) is 18.0. The number of aliphatic carboxylic acids is 1. The molecule has 1 aromatic heterocycles. The van der Waals surface area contributed by atoms with Crippen molar-refractivity contribution >= 4 is 41.1 Å². The quantitative estimate of drug-likeness (QED) is 0.253. The number of carboxylic acid groups (broad SMARTS) is 1. The summed E-state index contributed by atoms with van der Waals surface area (Å²) in [5, 5.41) is 17.0. The number of anilines is 1. The molecule has 4 N–H and O–H groups in total. The topological polar surface area (TPSA) is 130 Å². The molecule has 0 aliphatic heterocycles. The van der Waals surface area contributed by atoms with E-state index in [1.54, 1.807) is 23.9 Å². The number of amides is 3. The van der Waals surface area contributed by atoms with Crippen molar-refractivity contribution in [3.05, 3.63) is 53.9 Å². The van der Waals surface area contributed by atoms with E-state index in [-0.39, 0.29) is 35.8 Å². The number of aryl methyl sites for hydroxylation is 1. The maximum atomic E-state index is 12.9. The molecule has 38 heavy (non-hydrogen) atoms. The monoisotopic (exact) mass is 544 g/mol. The molecule has 0 bridgehead atoms. The third kappa shape index (κ3) is 11.0. The molecule has 0 aliphatic carbocycles. The van der Waals surface area contributed by atoms with Crippen LogP contribution < -0.4 is 16.0 Å². The summed E-state index contributed by atoms with van der Waals surface area (Å²) in [6, 6.07) is 8.29. The van der Waals surface area contributed by atoms with Crippen molar-refractivity contribution in [1.82, 2.24) is 15.2 Å². The Hall–Kier alpha value is -3.27. The minimum absolute atomic E-state index is 0.00782. The lowest BCUT2D eigenvalue weighted by atomic mass is 10.0. The van der Waals surface area contributed by atoms with Gasteiger partial charge in [0.1, 0.15) is 6.04 Å². The number of nitrogens with zero attached hydrogens (tertiary/aromatic N) is 1. The molecule has 10 heteroatoms. The van der Waals surface area contributed by atoms with Crippen LogP contribution in [0.25, 0.3) is 0 Å². The predicted molar refractivity (Wildman–Crippen MR) is 151 cm³/mol. The van der Waals surface area contributed by atoms with E-state index in [1.807, 2.05) is 37.5 Å². The third-order valence-corrected chi connectivity index (χ3v) is 7.90. The molecule has 3 amide bonds. The summed E-state index contributed by atoms with van der Waals surface area (Å²) < 4.78 is 2.07. The highest BCUT2D eigenvalue weighted by atomic mass is 32.2. The number of carbonyl (C=O) groups is 4. The fourth-order valence-electron chi connectivity index (χ4n) is 3.92. The van der Waals surface area contributed by atoms with Gasteiger partial charge in [-0.15, -0.1) is 11.8 Å². The number of carbonyl (C=O) groups excluding carboxylic acids is 3. The molecule has 0 radical (unpaired) electrons. The van der Waals surface area contributed by atoms with E-state index < -0.39 is 23.8 Å². The molecule has 9 nitrogen and oxygen atoms in total. The van der Waals surface area contributed by atoms with Crippen molar-refractivity contribution < 1.29 is 24.3 Å². The molecule has 1 unspecified atom stereocenters. The average Bonchev–Trinajstić information content (AvgIpc) is 3.29. The third-order valence-electron chi connectivity index (χ3n) is 6.31. The molecular weight excluding hydrogens is 504 g/mol. The second-order valence-electron chi connectivity index (χ2n) is 9.72. The molecule has 0 fully saturated rings. The van der Waals surface area contributed by atoms with E-state index in [4.69, 9.17) is 5.11 Å². The Labute approximate surface area is 229 Å². The van der Waals surface area contributed by atoms with Gasteiger partial charge in [-0.25, -0.2) is 0 Å². The van der Waals surface area contributed by atoms with Crippen LogP contribution in [0.15, 0.2) is 42.7 Å². The fourth-order valence-corrected chi connectivity index (χ4v) is 5.06. The van der Waals surface area contributed by atoms with Gasteiger partial charge in [-0.2, -0.15) is 0 Å². The molecule has 0 spiro atoms. The largest absolute Gasteiger partial charge is 0.481 e. The summed E-state index contributed by atoms with van der Waals surface area (Å²) in [5.41, 5.74) is 2.76. The molecule has 208 valence electrons. The number of benzene rings is 1. The van der Waals surface area contributed by atoms with Crippen molar-refractivity contribution in [2.45, 2.75) is 77.1 Å². The Morgan fingerprint density at radius 1 is 1.08 bits per heavy atom. The smallest absolute Gasteiger partial charge is 0.303 e. The van der Waals surface area contributed by atoms with Gasteiger partial charge in [0.2, 0.25) is 17.7 Å². The zero-order valence-corrected chi connectivity index (χ0v) is 23.5. The van der Waals surface area contributed by atoms with E-state index >= 15 is 0 Å². The van der Waals surface area contributed by atoms with Gasteiger partial charge >= 0.3 is 5.97 Å². The molecule has 0 saturated heterocycles. The van der Waals surface area contributed by atoms with Crippen molar-refractivity contribution in [3.8, 4) is 0 Å². The average molecular weight is 545 g/mol. The summed E-state index contributed by atoms with van der Waals surface area (Å²) in [4.78, 5) is 48.7. The summed E-state index contributed by atoms with van der Waals surface area (Å²) in [6.45, 7) is 8.76. The van der Waals surface area contributed by atoms with Gasteiger partial charge in [-0.3, -0.25) is 19.2 Å². The summed E-state index contributed by atoms with van der Waals surface area (Å²) >= 11 is 1.57. The Kier molecular flexibility index (Phi) is 12.4. The normalized spacial score (nSPS) is 13.3. The van der Waals surface area contributed by atoms with Crippen LogP contribution in [0.2, 0.25) is 0 Å². The van der Waals surface area contributed by atoms with Crippen LogP contribution >= 0.6 is 11.8 Å². The lowest BCUT2D eigenvalue weighted by Gasteiger charge is -2.26. The maximum Gasteiger partial charge on any atom is 0.303 e. The highest BCUT2D eigenvalue weighted by Crippen LogP contribution is 2.32. The highest BCUT2D eigenvalue weighted by molar-refractivity contribution is 8.01. The molecule has 2 atom stereocenters. The van der Waals surface area contributed by atoms with Crippen LogP contribution in [0.1, 0.15) is 64.0 Å². The number of rotatable bonds is 16. The van der Waals surface area contributed by atoms with Crippen LogP contribution in [-0.4, -0.2) is 56.5 Å². The van der Waals surface area contributed by atoms with Crippen LogP contribution in [0, 0.1) is 6.92 Å². The van der Waals surface area contributed by atoms with Crippen LogP contribution in [0.3, 0.4) is 0 Å². The first-order valence-corrected chi connectivity index (χ1v) is 14.0. The SMILES string of the molecule is CCCC(C)(CC)SCC(=O)NCC(=O)N[C@@H](CCC(=O)O)C(=O)Nc1ccc(Cn2ccc(C)c2)cc1. The minimum atomic E-state index is -1.07. The summed E-state index contributed by atoms with van der Waals surface area (Å²) in [7, 11) is 0. The van der Waals surface area contributed by atoms with E-state index in [2.05, 4.69) is 41.3 Å². The number of hydrogen-bond donors (Lipinski definition) is 4. The first-order valence-electron chi connectivity index (χ1n) is 13.0. The Morgan fingerprint density at radius 3 is 2.37 bits per heavy atom. The van der Waals surface area contributed by atoms with E-state index in [9.17, 15) is 19.2 Å². The van der Waals surface area contributed by atoms with Crippen molar-refractivity contribution in [3.63, 3.8) is 0 Å². The second-order valence-corrected chi connectivity index (χ2v) is 11.3. The predicted octanol–water partition coefficient (Wildman–Crippen LogP) is 3.95. The standard InChI is InChI=1S/C28H40N4O5S/c1-5-14-28(4,6-2)38-19-25(34)29-16-24(33)31-23(11-12-26(35)36)27(37)30-22-9-7-21(8-10-22)18-32-15-13-20(3)17-32/h7-10,13,15,17,23H,5-6,11-12,14,16,18-19H2,1-4H3,(H,29,34)(H,30,37)(H,31,33)(H,35,36)/t23-,28?/m0/s1. The molecule has 1 aromatic carbocycles. The van der Waals surface area contributed by atoms with E-state index in [0.29, 0.717) is 12.2 Å². The Balaban J connectivity index is 1.89. The molecule has 0 saturated carbocycles. The highest BCUT2D eigenvalue weighted by Gasteiger charge is 2.24. The zero-order valence-electron chi connectivity index (χ0n) is 22.7. The first kappa shape index (κ1) is 31.0. The molecule has 2 aromatic rings. The van der Waals surface area contributed by atoms with Gasteiger partial charge < -0.3 is 25.6 Å². The van der Waals surface area contributed by atoms with Crippen molar-refractivity contribution in [2.24, 2.45) is 0 Å². The van der Waals surface area contributed by atoms with Crippen molar-refractivity contribution in [2.75, 3.05) is 17.6 Å². The number of aromatic nitrogens is 1. The van der Waals surface area contributed by atoms with E-state index in [1.165, 1.54) is 5.56 Å². The number of hydrogen-bond acceptors (Lipinski definition) is 5. The van der Waals surface area contributed by atoms with Gasteiger partial charge in [0.05, 0.1) is 12.3 Å². The summed E-state index contributed by atoms with van der Waals surface area (Å²) in [6.07, 6.45) is 6.64. The number of carboxylic acids is 1. The van der Waals surface area contributed by atoms with Gasteiger partial charge in [-0.05, 0) is 55.5 Å². The molecular formula is C28H40N4O5S. The number of nitrogens with one attached hydrogen (secondary N) is 3. The minimum Gasteiger partial charge on any atom is -0.481 e. The van der Waals surface area contributed by atoms with Gasteiger partial charge in [0.25, 0.3) is 0 Å². The van der Waals surface area contributed by atoms with Gasteiger partial charge in [0.15, 0.2) is 0 Å². The van der Waals surface area contributed by atoms with Gasteiger partial charge in [-0.1, -0.05) is 39.3 Å². The van der Waals surface area contributed by atoms with E-state index in [0.717, 1.165) is 24.8 Å². The van der Waals surface area contributed by atoms with Crippen LogP contribution in [-0.2, 0) is 25.7 Å². The molecule has 2 rings (SSSR count). The Morgan fingerprint density at radius 2 is 1.79 bits per heavy atom. The zero-order chi connectivity index (χ0) is 28.1. The molecule has 0 aliphatic rings. The Bertz CT molecular complexity index is 1090. The van der Waals surface area contributed by atoms with Crippen LogP contribution in [0.5, 0.6) is 0 Å². The molecule has 1 heterocycles. The lowest BCUT2D eigenvalue weighted by molar-refractivity contribution is -0.137. The fraction of sp³-hybridized carbons (Fsp3) is 0.500. The number of thioether (sulfide) groups is 1. The summed E-state index contributed by atoms with van der Waals surface area (Å²) in [5.74, 6) is -2.17. The maximum absolute atomic E-state index is 12.9. The van der Waals surface area contributed by atoms with Crippen molar-refractivity contribution in [1.29, 1.82) is 0 Å².